The molecule has 0 bridgehead atoms. The molecule has 0 radical (unpaired) electrons. The van der Waals surface area contributed by atoms with Crippen molar-refractivity contribution in [3.05, 3.63) is 35.4 Å². The number of unbranched alkanes of at least 4 members (excludes halogenated alkanes) is 3. The van der Waals surface area contributed by atoms with Crippen LogP contribution in [-0.2, 0) is 14.3 Å². The van der Waals surface area contributed by atoms with Crippen molar-refractivity contribution < 1.29 is 19.1 Å². The van der Waals surface area contributed by atoms with Crippen molar-refractivity contribution in [2.75, 3.05) is 0 Å². The number of rotatable bonds is 9. The Morgan fingerprint density at radius 3 is 2.65 bits per heavy atom. The number of carbonyl (C=O) groups excluding carboxylic acids is 2. The van der Waals surface area contributed by atoms with Crippen LogP contribution in [0.3, 0.4) is 0 Å². The predicted molar refractivity (Wildman–Crippen MR) is 87.8 cm³/mol. The number of cyclic esters (lactones) is 1. The van der Waals surface area contributed by atoms with E-state index >= 15 is 0 Å². The lowest BCUT2D eigenvalue weighted by molar-refractivity contribution is -0.173. The van der Waals surface area contributed by atoms with Crippen molar-refractivity contribution in [3.63, 3.8) is 0 Å². The average molecular weight is 318 g/mol. The zero-order valence-corrected chi connectivity index (χ0v) is 14.0. The molecule has 126 valence electrons. The molecule has 2 rings (SSSR count). The summed E-state index contributed by atoms with van der Waals surface area (Å²) in [4.78, 5) is 24.2. The van der Waals surface area contributed by atoms with Gasteiger partial charge in [-0.05, 0) is 18.9 Å². The topological polar surface area (TPSA) is 52.6 Å². The van der Waals surface area contributed by atoms with Gasteiger partial charge in [0, 0.05) is 5.56 Å². The van der Waals surface area contributed by atoms with Gasteiger partial charge in [0.05, 0.1) is 11.5 Å². The molecule has 4 heteroatoms. The summed E-state index contributed by atoms with van der Waals surface area (Å²) in [6.45, 7) is 4.24. The van der Waals surface area contributed by atoms with Crippen LogP contribution >= 0.6 is 0 Å². The van der Waals surface area contributed by atoms with Crippen LogP contribution < -0.4 is 0 Å². The van der Waals surface area contributed by atoms with Gasteiger partial charge in [-0.3, -0.25) is 4.79 Å². The number of carbonyl (C=O) groups is 2. The van der Waals surface area contributed by atoms with Gasteiger partial charge in [0.2, 0.25) is 0 Å². The molecule has 0 N–H and O–H groups in total. The third-order valence-corrected chi connectivity index (χ3v) is 4.25. The third kappa shape index (κ3) is 4.57. The van der Waals surface area contributed by atoms with Crippen molar-refractivity contribution in [3.8, 4) is 0 Å². The molecule has 1 unspecified atom stereocenters. The molecule has 0 amide bonds. The van der Waals surface area contributed by atoms with Gasteiger partial charge >= 0.3 is 11.9 Å². The zero-order valence-electron chi connectivity index (χ0n) is 14.0. The molecule has 1 aromatic carbocycles. The first-order chi connectivity index (χ1) is 11.2. The number of hydrogen-bond donors (Lipinski definition) is 0. The maximum Gasteiger partial charge on any atom is 0.342 e. The van der Waals surface area contributed by atoms with Gasteiger partial charge in [0.1, 0.15) is 0 Å². The number of fused-ring (bicyclic) bond motifs is 1. The highest BCUT2D eigenvalue weighted by Gasteiger charge is 2.34. The summed E-state index contributed by atoms with van der Waals surface area (Å²) in [6, 6.07) is 7.06. The maximum absolute atomic E-state index is 12.5. The van der Waals surface area contributed by atoms with E-state index in [1.165, 1.54) is 12.8 Å². The van der Waals surface area contributed by atoms with E-state index in [4.69, 9.17) is 9.47 Å². The van der Waals surface area contributed by atoms with Gasteiger partial charge in [-0.15, -0.1) is 0 Å². The van der Waals surface area contributed by atoms with Crippen molar-refractivity contribution in [1.29, 1.82) is 0 Å². The quantitative estimate of drug-likeness (QED) is 0.485. The standard InChI is InChI=1S/C19H26O4/c1-3-5-6-7-11-14(10-4-2)17(20)22-19-16-13-9-8-12-15(16)18(21)23-19/h8-9,12-14,19H,3-7,10-11H2,1-2H3/t14-,19?/m1/s1. The Bertz CT molecular complexity index is 538. The van der Waals surface area contributed by atoms with Gasteiger partial charge in [0.25, 0.3) is 6.29 Å². The normalized spacial score (nSPS) is 17.5. The molecule has 1 heterocycles. The molecular weight excluding hydrogens is 292 g/mol. The molecule has 0 spiro atoms. The molecule has 4 nitrogen and oxygen atoms in total. The van der Waals surface area contributed by atoms with Gasteiger partial charge in [-0.25, -0.2) is 4.79 Å². The first-order valence-electron chi connectivity index (χ1n) is 8.67. The molecule has 1 aliphatic rings. The number of hydrogen-bond acceptors (Lipinski definition) is 4. The van der Waals surface area contributed by atoms with Crippen LogP contribution in [0, 0.1) is 5.92 Å². The fourth-order valence-electron chi connectivity index (χ4n) is 2.95. The highest BCUT2D eigenvalue weighted by Crippen LogP contribution is 2.32. The SMILES string of the molecule is CCCCCC[C@@H](CCC)C(=O)OC1OC(=O)c2ccccc21. The summed E-state index contributed by atoms with van der Waals surface area (Å²) in [7, 11) is 0. The summed E-state index contributed by atoms with van der Waals surface area (Å²) in [5, 5.41) is 0. The number of ether oxygens (including phenoxy) is 2. The van der Waals surface area contributed by atoms with E-state index in [2.05, 4.69) is 13.8 Å². The smallest absolute Gasteiger partial charge is 0.342 e. The van der Waals surface area contributed by atoms with Crippen LogP contribution in [0.15, 0.2) is 24.3 Å². The number of esters is 2. The molecule has 0 fully saturated rings. The highest BCUT2D eigenvalue weighted by molar-refractivity contribution is 5.94. The van der Waals surface area contributed by atoms with E-state index in [9.17, 15) is 9.59 Å². The Hall–Kier alpha value is -1.84. The lowest BCUT2D eigenvalue weighted by Crippen LogP contribution is -2.20. The third-order valence-electron chi connectivity index (χ3n) is 4.25. The monoisotopic (exact) mass is 318 g/mol. The van der Waals surface area contributed by atoms with Gasteiger partial charge < -0.3 is 9.47 Å². The maximum atomic E-state index is 12.5. The zero-order chi connectivity index (χ0) is 16.7. The molecule has 2 atom stereocenters. The minimum absolute atomic E-state index is 0.108. The molecule has 23 heavy (non-hydrogen) atoms. The fraction of sp³-hybridized carbons (Fsp3) is 0.579. The molecule has 0 aromatic heterocycles. The van der Waals surface area contributed by atoms with Crippen LogP contribution in [-0.4, -0.2) is 11.9 Å². The minimum atomic E-state index is -0.888. The summed E-state index contributed by atoms with van der Waals surface area (Å²) < 4.78 is 10.7. The Labute approximate surface area is 138 Å². The largest absolute Gasteiger partial charge is 0.420 e. The van der Waals surface area contributed by atoms with Crippen molar-refractivity contribution in [1.82, 2.24) is 0 Å². The summed E-state index contributed by atoms with van der Waals surface area (Å²) in [5.74, 6) is -0.783. The Morgan fingerprint density at radius 1 is 1.13 bits per heavy atom. The second-order valence-corrected chi connectivity index (χ2v) is 6.10. The average Bonchev–Trinajstić information content (AvgIpc) is 2.87. The van der Waals surface area contributed by atoms with E-state index in [0.29, 0.717) is 11.1 Å². The summed E-state index contributed by atoms with van der Waals surface area (Å²) >= 11 is 0. The van der Waals surface area contributed by atoms with Gasteiger partial charge in [-0.2, -0.15) is 0 Å². The van der Waals surface area contributed by atoms with Crippen LogP contribution in [0.1, 0.15) is 81.0 Å². The molecular formula is C19H26O4. The van der Waals surface area contributed by atoms with E-state index in [1.807, 2.05) is 6.07 Å². The first-order valence-corrected chi connectivity index (χ1v) is 8.67. The predicted octanol–water partition coefficient (Wildman–Crippen LogP) is 4.79. The lowest BCUT2D eigenvalue weighted by Gasteiger charge is -2.18. The molecule has 1 aliphatic heterocycles. The Kier molecular flexibility index (Phi) is 6.63. The van der Waals surface area contributed by atoms with Crippen molar-refractivity contribution in [2.24, 2.45) is 5.92 Å². The van der Waals surface area contributed by atoms with Crippen LogP contribution in [0.25, 0.3) is 0 Å². The van der Waals surface area contributed by atoms with Crippen LogP contribution in [0.2, 0.25) is 0 Å². The molecule has 0 aliphatic carbocycles. The molecule has 0 saturated heterocycles. The van der Waals surface area contributed by atoms with E-state index in [1.54, 1.807) is 18.2 Å². The van der Waals surface area contributed by atoms with Gasteiger partial charge in [0.15, 0.2) is 0 Å². The lowest BCUT2D eigenvalue weighted by atomic mass is 9.96. The van der Waals surface area contributed by atoms with E-state index < -0.39 is 12.3 Å². The van der Waals surface area contributed by atoms with Crippen LogP contribution in [0.4, 0.5) is 0 Å². The Morgan fingerprint density at radius 2 is 1.91 bits per heavy atom. The first kappa shape index (κ1) is 17.5. The highest BCUT2D eigenvalue weighted by atomic mass is 16.7. The Balaban J connectivity index is 1.95. The van der Waals surface area contributed by atoms with Crippen molar-refractivity contribution >= 4 is 11.9 Å². The second kappa shape index (κ2) is 8.70. The molecule has 0 saturated carbocycles. The van der Waals surface area contributed by atoms with Crippen LogP contribution in [0.5, 0.6) is 0 Å². The summed E-state index contributed by atoms with van der Waals surface area (Å²) in [6.07, 6.45) is 6.26. The summed E-state index contributed by atoms with van der Waals surface area (Å²) in [5.41, 5.74) is 1.13. The van der Waals surface area contributed by atoms with Crippen molar-refractivity contribution in [2.45, 2.75) is 65.1 Å². The van der Waals surface area contributed by atoms with E-state index in [-0.39, 0.29) is 11.9 Å². The minimum Gasteiger partial charge on any atom is -0.420 e. The second-order valence-electron chi connectivity index (χ2n) is 6.10. The van der Waals surface area contributed by atoms with Gasteiger partial charge in [-0.1, -0.05) is 64.2 Å². The molecule has 1 aromatic rings. The van der Waals surface area contributed by atoms with E-state index in [0.717, 1.165) is 32.1 Å². The fourth-order valence-corrected chi connectivity index (χ4v) is 2.95. The number of benzene rings is 1.